The maximum Gasteiger partial charge on any atom is 0.410 e. The lowest BCUT2D eigenvalue weighted by molar-refractivity contribution is 0.0272. The van der Waals surface area contributed by atoms with E-state index in [0.29, 0.717) is 23.7 Å². The maximum atomic E-state index is 12.0. The van der Waals surface area contributed by atoms with Gasteiger partial charge in [0, 0.05) is 26.2 Å². The molecule has 8 nitrogen and oxygen atoms in total. The summed E-state index contributed by atoms with van der Waals surface area (Å²) in [6, 6.07) is 0. The van der Waals surface area contributed by atoms with Crippen LogP contribution in [0.5, 0.6) is 0 Å². The van der Waals surface area contributed by atoms with Gasteiger partial charge in [-0.1, -0.05) is 0 Å². The number of amides is 2. The fourth-order valence-electron chi connectivity index (χ4n) is 5.54. The van der Waals surface area contributed by atoms with Gasteiger partial charge in [0.1, 0.15) is 11.2 Å². The molecule has 212 valence electrons. The number of fused-ring (bicyclic) bond motifs is 2. The molecule has 4 aliphatic rings. The van der Waals surface area contributed by atoms with E-state index < -0.39 is 0 Å². The van der Waals surface area contributed by atoms with Crippen molar-refractivity contribution in [3.05, 3.63) is 0 Å². The number of ether oxygens (including phenoxy) is 2. The first-order chi connectivity index (χ1) is 15.9. The van der Waals surface area contributed by atoms with Crippen LogP contribution in [0.15, 0.2) is 0 Å². The van der Waals surface area contributed by atoms with Crippen molar-refractivity contribution in [2.45, 2.75) is 78.4 Å². The maximum absolute atomic E-state index is 12.0. The first-order valence-corrected chi connectivity index (χ1v) is 13.3. The molecule has 4 heterocycles. The van der Waals surface area contributed by atoms with Crippen molar-refractivity contribution >= 4 is 37.0 Å². The highest BCUT2D eigenvalue weighted by atomic mass is 35.5. The van der Waals surface area contributed by atoms with Crippen LogP contribution in [0, 0.1) is 23.7 Å². The zero-order chi connectivity index (χ0) is 24.9. The van der Waals surface area contributed by atoms with E-state index >= 15 is 0 Å². The topological polar surface area (TPSA) is 83.1 Å². The number of halogens is 2. The average Bonchev–Trinajstić information content (AvgIpc) is 3.16. The van der Waals surface area contributed by atoms with E-state index in [-0.39, 0.29) is 48.2 Å². The predicted molar refractivity (Wildman–Crippen MR) is 148 cm³/mol. The largest absolute Gasteiger partial charge is 0.444 e. The van der Waals surface area contributed by atoms with Crippen molar-refractivity contribution < 1.29 is 19.1 Å². The normalized spacial score (nSPS) is 28.1. The van der Waals surface area contributed by atoms with Crippen LogP contribution < -0.4 is 10.6 Å². The molecule has 0 aromatic heterocycles. The number of rotatable bonds is 0. The van der Waals surface area contributed by atoms with Gasteiger partial charge in [-0.25, -0.2) is 9.59 Å². The molecular formula is C26H50Cl2N4O4. The quantitative estimate of drug-likeness (QED) is 0.458. The lowest BCUT2D eigenvalue weighted by atomic mass is 9.92. The summed E-state index contributed by atoms with van der Waals surface area (Å²) in [6.07, 6.45) is 4.46. The zero-order valence-electron chi connectivity index (χ0n) is 23.1. The van der Waals surface area contributed by atoms with Crippen LogP contribution in [0.1, 0.15) is 67.2 Å². The number of carbonyl (C=O) groups excluding carboxylic acids is 2. The minimum Gasteiger partial charge on any atom is -0.444 e. The van der Waals surface area contributed by atoms with E-state index in [1.165, 1.54) is 25.7 Å². The Morgan fingerprint density at radius 3 is 1.06 bits per heavy atom. The molecule has 2 amide bonds. The minimum atomic E-state index is -0.386. The van der Waals surface area contributed by atoms with Crippen LogP contribution >= 0.6 is 24.8 Å². The van der Waals surface area contributed by atoms with Gasteiger partial charge in [0.15, 0.2) is 0 Å². The van der Waals surface area contributed by atoms with Gasteiger partial charge in [0.05, 0.1) is 0 Å². The average molecular weight is 554 g/mol. The van der Waals surface area contributed by atoms with Crippen molar-refractivity contribution in [2.75, 3.05) is 52.4 Å². The highest BCUT2D eigenvalue weighted by Gasteiger charge is 2.38. The molecular weight excluding hydrogens is 503 g/mol. The van der Waals surface area contributed by atoms with Crippen LogP contribution in [0.4, 0.5) is 9.59 Å². The highest BCUT2D eigenvalue weighted by molar-refractivity contribution is 5.85. The molecule has 4 fully saturated rings. The SMILES string of the molecule is CC(C)(C)OC(=O)N1C[C@H]2CCNCC[C@H]2C1.CC(C)(C)OC(=O)N1C[C@H]2CCNCC[C@H]2C1.Cl.Cl. The summed E-state index contributed by atoms with van der Waals surface area (Å²) in [5.74, 6) is 2.66. The van der Waals surface area contributed by atoms with Gasteiger partial charge in [-0.2, -0.15) is 0 Å². The third-order valence-electron chi connectivity index (χ3n) is 7.22. The van der Waals surface area contributed by atoms with Gasteiger partial charge in [0.2, 0.25) is 0 Å². The highest BCUT2D eigenvalue weighted by Crippen LogP contribution is 2.32. The van der Waals surface area contributed by atoms with Crippen molar-refractivity contribution in [1.82, 2.24) is 20.4 Å². The number of likely N-dealkylation sites (tertiary alicyclic amines) is 2. The molecule has 0 aromatic rings. The lowest BCUT2D eigenvalue weighted by Gasteiger charge is -2.24. The lowest BCUT2D eigenvalue weighted by Crippen LogP contribution is -2.36. The summed E-state index contributed by atoms with van der Waals surface area (Å²) in [6.45, 7) is 19.4. The third kappa shape index (κ3) is 10.4. The molecule has 0 bridgehead atoms. The van der Waals surface area contributed by atoms with E-state index in [1.54, 1.807) is 0 Å². The Morgan fingerprint density at radius 2 is 0.833 bits per heavy atom. The van der Waals surface area contributed by atoms with Gasteiger partial charge >= 0.3 is 12.2 Å². The summed E-state index contributed by atoms with van der Waals surface area (Å²) in [5, 5.41) is 6.85. The molecule has 10 heteroatoms. The molecule has 2 N–H and O–H groups in total. The van der Waals surface area contributed by atoms with Crippen molar-refractivity contribution in [2.24, 2.45) is 23.7 Å². The second kappa shape index (κ2) is 14.3. The number of nitrogens with zero attached hydrogens (tertiary/aromatic N) is 2. The van der Waals surface area contributed by atoms with E-state index in [2.05, 4.69) is 10.6 Å². The Hall–Kier alpha value is -0.960. The van der Waals surface area contributed by atoms with Gasteiger partial charge in [-0.05, 0) is 117 Å². The van der Waals surface area contributed by atoms with Crippen LogP contribution in [-0.4, -0.2) is 85.5 Å². The molecule has 0 aliphatic carbocycles. The molecule has 0 unspecified atom stereocenters. The zero-order valence-corrected chi connectivity index (χ0v) is 24.8. The second-order valence-corrected chi connectivity index (χ2v) is 12.5. The molecule has 0 radical (unpaired) electrons. The summed E-state index contributed by atoms with van der Waals surface area (Å²) < 4.78 is 10.9. The summed E-state index contributed by atoms with van der Waals surface area (Å²) in [7, 11) is 0. The van der Waals surface area contributed by atoms with Gasteiger partial charge in [-0.15, -0.1) is 24.8 Å². The molecule has 0 spiro atoms. The van der Waals surface area contributed by atoms with Gasteiger partial charge in [-0.3, -0.25) is 0 Å². The molecule has 4 rings (SSSR count). The summed E-state index contributed by atoms with van der Waals surface area (Å²) in [4.78, 5) is 27.7. The Bertz CT molecular complexity index is 612. The molecule has 4 atom stereocenters. The first-order valence-electron chi connectivity index (χ1n) is 13.3. The number of hydrogen-bond acceptors (Lipinski definition) is 6. The van der Waals surface area contributed by atoms with E-state index in [1.807, 2.05) is 51.3 Å². The van der Waals surface area contributed by atoms with E-state index in [9.17, 15) is 9.59 Å². The third-order valence-corrected chi connectivity index (χ3v) is 7.22. The monoisotopic (exact) mass is 552 g/mol. The molecule has 4 aliphatic heterocycles. The van der Waals surface area contributed by atoms with Crippen molar-refractivity contribution in [3.8, 4) is 0 Å². The smallest absolute Gasteiger partial charge is 0.410 e. The molecule has 4 saturated heterocycles. The fraction of sp³-hybridized carbons (Fsp3) is 0.923. The second-order valence-electron chi connectivity index (χ2n) is 12.5. The molecule has 36 heavy (non-hydrogen) atoms. The molecule has 0 saturated carbocycles. The fourth-order valence-corrected chi connectivity index (χ4v) is 5.54. The Kier molecular flexibility index (Phi) is 13.1. The Balaban J connectivity index is 0.000000341. The number of hydrogen-bond donors (Lipinski definition) is 2. The number of carbonyl (C=O) groups is 2. The van der Waals surface area contributed by atoms with Crippen LogP contribution in [0.25, 0.3) is 0 Å². The summed E-state index contributed by atoms with van der Waals surface area (Å²) >= 11 is 0. The predicted octanol–water partition coefficient (Wildman–Crippen LogP) is 4.55. The first kappa shape index (κ1) is 33.1. The van der Waals surface area contributed by atoms with Gasteiger partial charge in [0.25, 0.3) is 0 Å². The standard InChI is InChI=1S/2C13H24N2O2.2ClH/c2*1-13(2,3)17-12(16)15-8-10-4-6-14-7-5-11(10)9-15;;/h2*10-11,14H,4-9H2,1-3H3;2*1H/t2*10-,11+;;. The number of nitrogens with one attached hydrogen (secondary N) is 2. The van der Waals surface area contributed by atoms with E-state index in [4.69, 9.17) is 9.47 Å². The van der Waals surface area contributed by atoms with E-state index in [0.717, 1.165) is 52.4 Å². The Morgan fingerprint density at radius 1 is 0.583 bits per heavy atom. The van der Waals surface area contributed by atoms with Crippen LogP contribution in [-0.2, 0) is 9.47 Å². The Labute approximate surface area is 230 Å². The molecule has 0 aromatic carbocycles. The minimum absolute atomic E-state index is 0. The van der Waals surface area contributed by atoms with Gasteiger partial charge < -0.3 is 29.9 Å². The summed E-state index contributed by atoms with van der Waals surface area (Å²) in [5.41, 5.74) is -0.771. The van der Waals surface area contributed by atoms with Crippen molar-refractivity contribution in [3.63, 3.8) is 0 Å². The van der Waals surface area contributed by atoms with Crippen LogP contribution in [0.3, 0.4) is 0 Å². The van der Waals surface area contributed by atoms with Crippen LogP contribution in [0.2, 0.25) is 0 Å². The van der Waals surface area contributed by atoms with Crippen molar-refractivity contribution in [1.29, 1.82) is 0 Å².